The van der Waals surface area contributed by atoms with E-state index in [1.165, 1.54) is 44.7 Å². The number of allylic oxidation sites excluding steroid dienone is 1. The highest BCUT2D eigenvalue weighted by molar-refractivity contribution is 5.92. The standard InChI is InChI=1S/C16H29N3/c1-5-8-9-10-12-15(11-6-2)14(4)13-19-16(17)18-7-3/h7,13,15H,3-6,8-12H2,1-2H3,(H2,17,18). The van der Waals surface area contributed by atoms with Gasteiger partial charge in [-0.25, -0.2) is 9.98 Å². The number of hydrogen-bond acceptors (Lipinski definition) is 1. The summed E-state index contributed by atoms with van der Waals surface area (Å²) >= 11 is 0. The van der Waals surface area contributed by atoms with Gasteiger partial charge in [0.2, 0.25) is 5.96 Å². The van der Waals surface area contributed by atoms with Gasteiger partial charge in [-0.2, -0.15) is 0 Å². The summed E-state index contributed by atoms with van der Waals surface area (Å²) < 4.78 is 0. The fourth-order valence-electron chi connectivity index (χ4n) is 2.06. The Labute approximate surface area is 118 Å². The van der Waals surface area contributed by atoms with E-state index in [9.17, 15) is 0 Å². The van der Waals surface area contributed by atoms with E-state index < -0.39 is 0 Å². The maximum absolute atomic E-state index is 5.59. The maximum atomic E-state index is 5.59. The zero-order chi connectivity index (χ0) is 14.5. The van der Waals surface area contributed by atoms with Crippen molar-refractivity contribution in [3.63, 3.8) is 0 Å². The van der Waals surface area contributed by atoms with Crippen LogP contribution in [0.25, 0.3) is 0 Å². The van der Waals surface area contributed by atoms with Gasteiger partial charge in [-0.3, -0.25) is 0 Å². The van der Waals surface area contributed by atoms with Crippen molar-refractivity contribution in [3.05, 3.63) is 24.9 Å². The lowest BCUT2D eigenvalue weighted by molar-refractivity contribution is 0.488. The Morgan fingerprint density at radius 2 is 1.89 bits per heavy atom. The van der Waals surface area contributed by atoms with Gasteiger partial charge in [-0.15, -0.1) is 0 Å². The third kappa shape index (κ3) is 9.23. The molecule has 3 heteroatoms. The molecule has 0 heterocycles. The van der Waals surface area contributed by atoms with Crippen LogP contribution in [0.3, 0.4) is 0 Å². The van der Waals surface area contributed by atoms with Crippen molar-refractivity contribution >= 4 is 12.2 Å². The first-order valence-electron chi connectivity index (χ1n) is 7.32. The zero-order valence-corrected chi connectivity index (χ0v) is 12.6. The SMILES string of the molecule is C=CN=C(N)N=CC(=C)C(CCC)CCCCCC. The molecule has 1 atom stereocenters. The van der Waals surface area contributed by atoms with Crippen molar-refractivity contribution in [2.24, 2.45) is 21.6 Å². The first-order valence-corrected chi connectivity index (χ1v) is 7.32. The number of aliphatic imine (C=N–C) groups is 2. The Bertz CT molecular complexity index is 316. The average molecular weight is 263 g/mol. The first-order chi connectivity index (χ1) is 9.15. The molecule has 0 aromatic heterocycles. The largest absolute Gasteiger partial charge is 0.368 e. The summed E-state index contributed by atoms with van der Waals surface area (Å²) in [4.78, 5) is 7.90. The highest BCUT2D eigenvalue weighted by Gasteiger charge is 2.10. The van der Waals surface area contributed by atoms with Crippen LogP contribution in [0.15, 0.2) is 34.9 Å². The van der Waals surface area contributed by atoms with Crippen molar-refractivity contribution in [1.82, 2.24) is 0 Å². The minimum absolute atomic E-state index is 0.234. The molecule has 0 saturated heterocycles. The van der Waals surface area contributed by atoms with Crippen LogP contribution in [-0.2, 0) is 0 Å². The molecule has 0 amide bonds. The summed E-state index contributed by atoms with van der Waals surface area (Å²) in [6.45, 7) is 12.0. The normalized spacial score (nSPS) is 13.7. The Kier molecular flexibility index (Phi) is 10.8. The van der Waals surface area contributed by atoms with E-state index >= 15 is 0 Å². The molecule has 0 saturated carbocycles. The second kappa shape index (κ2) is 11.7. The van der Waals surface area contributed by atoms with Gasteiger partial charge in [-0.1, -0.05) is 59.1 Å². The van der Waals surface area contributed by atoms with Gasteiger partial charge >= 0.3 is 0 Å². The van der Waals surface area contributed by atoms with Crippen molar-refractivity contribution < 1.29 is 0 Å². The summed E-state index contributed by atoms with van der Waals surface area (Å²) in [6, 6.07) is 0. The summed E-state index contributed by atoms with van der Waals surface area (Å²) in [5.74, 6) is 0.750. The van der Waals surface area contributed by atoms with Crippen LogP contribution in [0.5, 0.6) is 0 Å². The Morgan fingerprint density at radius 3 is 2.47 bits per heavy atom. The molecule has 0 spiro atoms. The molecule has 0 aliphatic carbocycles. The molecule has 0 aromatic carbocycles. The Hall–Kier alpha value is -1.38. The molecule has 3 nitrogen and oxygen atoms in total. The molecule has 1 unspecified atom stereocenters. The Morgan fingerprint density at radius 1 is 1.16 bits per heavy atom. The predicted octanol–water partition coefficient (Wildman–Crippen LogP) is 4.46. The molecule has 0 bridgehead atoms. The van der Waals surface area contributed by atoms with Gasteiger partial charge in [0.15, 0.2) is 0 Å². The molecule has 19 heavy (non-hydrogen) atoms. The zero-order valence-electron chi connectivity index (χ0n) is 12.6. The van der Waals surface area contributed by atoms with Crippen LogP contribution in [-0.4, -0.2) is 12.2 Å². The van der Waals surface area contributed by atoms with Gasteiger partial charge < -0.3 is 5.73 Å². The minimum atomic E-state index is 0.234. The van der Waals surface area contributed by atoms with Crippen LogP contribution in [0.1, 0.15) is 58.8 Å². The fourth-order valence-corrected chi connectivity index (χ4v) is 2.06. The number of unbranched alkanes of at least 4 members (excludes halogenated alkanes) is 3. The molecule has 0 rings (SSSR count). The summed E-state index contributed by atoms with van der Waals surface area (Å²) in [7, 11) is 0. The van der Waals surface area contributed by atoms with Crippen LogP contribution in [0, 0.1) is 5.92 Å². The van der Waals surface area contributed by atoms with Crippen molar-refractivity contribution in [3.8, 4) is 0 Å². The molecule has 0 fully saturated rings. The summed E-state index contributed by atoms with van der Waals surface area (Å²) in [6.07, 6.45) is 11.8. The topological polar surface area (TPSA) is 50.7 Å². The minimum Gasteiger partial charge on any atom is -0.368 e. The molecule has 0 aliphatic rings. The van der Waals surface area contributed by atoms with Gasteiger partial charge in [-0.05, 0) is 24.3 Å². The number of nitrogens with zero attached hydrogens (tertiary/aromatic N) is 2. The van der Waals surface area contributed by atoms with Gasteiger partial charge in [0.1, 0.15) is 0 Å². The van der Waals surface area contributed by atoms with Crippen molar-refractivity contribution in [1.29, 1.82) is 0 Å². The van der Waals surface area contributed by atoms with Crippen LogP contribution >= 0.6 is 0 Å². The van der Waals surface area contributed by atoms with Crippen molar-refractivity contribution in [2.45, 2.75) is 58.8 Å². The van der Waals surface area contributed by atoms with E-state index in [4.69, 9.17) is 5.73 Å². The van der Waals surface area contributed by atoms with Gasteiger partial charge in [0.25, 0.3) is 0 Å². The van der Waals surface area contributed by atoms with E-state index in [2.05, 4.69) is 37.0 Å². The van der Waals surface area contributed by atoms with Crippen molar-refractivity contribution in [2.75, 3.05) is 0 Å². The van der Waals surface area contributed by atoms with Crippen LogP contribution in [0.4, 0.5) is 0 Å². The number of guanidine groups is 1. The molecule has 0 aromatic rings. The lowest BCUT2D eigenvalue weighted by Crippen LogP contribution is -2.10. The van der Waals surface area contributed by atoms with E-state index in [-0.39, 0.29) is 5.96 Å². The van der Waals surface area contributed by atoms with Gasteiger partial charge in [0.05, 0.1) is 0 Å². The second-order valence-corrected chi connectivity index (χ2v) is 4.84. The first kappa shape index (κ1) is 17.6. The highest BCUT2D eigenvalue weighted by Crippen LogP contribution is 2.22. The number of hydrogen-bond donors (Lipinski definition) is 1. The van der Waals surface area contributed by atoms with E-state index in [0.717, 1.165) is 12.0 Å². The van der Waals surface area contributed by atoms with Crippen LogP contribution in [0.2, 0.25) is 0 Å². The number of rotatable bonds is 10. The summed E-state index contributed by atoms with van der Waals surface area (Å²) in [5.41, 5.74) is 6.64. The maximum Gasteiger partial charge on any atom is 0.219 e. The van der Waals surface area contributed by atoms with Gasteiger partial charge in [0, 0.05) is 12.4 Å². The number of nitrogens with two attached hydrogens (primary N) is 1. The molecule has 0 aliphatic heterocycles. The molecule has 108 valence electrons. The highest BCUT2D eigenvalue weighted by atomic mass is 15.0. The average Bonchev–Trinajstić information content (AvgIpc) is 2.40. The molecule has 0 radical (unpaired) electrons. The quantitative estimate of drug-likeness (QED) is 0.353. The lowest BCUT2D eigenvalue weighted by atomic mass is 9.90. The van der Waals surface area contributed by atoms with E-state index in [1.807, 2.05) is 0 Å². The molecular formula is C16H29N3. The second-order valence-electron chi connectivity index (χ2n) is 4.84. The van der Waals surface area contributed by atoms with Crippen LogP contribution < -0.4 is 5.73 Å². The summed E-state index contributed by atoms with van der Waals surface area (Å²) in [5, 5.41) is 0. The van der Waals surface area contributed by atoms with E-state index in [0.29, 0.717) is 5.92 Å². The smallest absolute Gasteiger partial charge is 0.219 e. The predicted molar refractivity (Wildman–Crippen MR) is 86.6 cm³/mol. The molecular weight excluding hydrogens is 234 g/mol. The third-order valence-electron chi connectivity index (χ3n) is 3.15. The lowest BCUT2D eigenvalue weighted by Gasteiger charge is -2.16. The molecule has 2 N–H and O–H groups in total. The monoisotopic (exact) mass is 263 g/mol. The van der Waals surface area contributed by atoms with E-state index in [1.54, 1.807) is 6.21 Å². The third-order valence-corrected chi connectivity index (χ3v) is 3.15. The Balaban J connectivity index is 4.31. The fraction of sp³-hybridized carbons (Fsp3) is 0.625.